The molecule has 0 radical (unpaired) electrons. The van der Waals surface area contributed by atoms with Crippen LogP contribution in [0.3, 0.4) is 0 Å². The second kappa shape index (κ2) is 5.73. The zero-order valence-corrected chi connectivity index (χ0v) is 15.4. The van der Waals surface area contributed by atoms with Gasteiger partial charge in [-0.1, -0.05) is 56.7 Å². The van der Waals surface area contributed by atoms with Gasteiger partial charge in [0.15, 0.2) is 0 Å². The molecule has 0 amide bonds. The smallest absolute Gasteiger partial charge is 0.0674 e. The first kappa shape index (κ1) is 15.9. The fraction of sp³-hybridized carbons (Fsp3) is 0.261. The number of hydrogen-bond donors (Lipinski definition) is 1. The maximum atomic E-state index is 4.88. The van der Waals surface area contributed by atoms with Crippen LogP contribution in [0.5, 0.6) is 0 Å². The lowest BCUT2D eigenvalue weighted by Gasteiger charge is -2.20. The molecule has 2 heterocycles. The number of para-hydroxylation sites is 1. The van der Waals surface area contributed by atoms with E-state index in [1.54, 1.807) is 0 Å². The Morgan fingerprint density at radius 1 is 1.08 bits per heavy atom. The highest BCUT2D eigenvalue weighted by molar-refractivity contribution is 6.11. The molecule has 1 aliphatic heterocycles. The van der Waals surface area contributed by atoms with Crippen LogP contribution in [0.2, 0.25) is 0 Å². The number of fused-ring (bicyclic) bond motifs is 2. The van der Waals surface area contributed by atoms with Gasteiger partial charge in [-0.2, -0.15) is 0 Å². The first-order chi connectivity index (χ1) is 12.0. The van der Waals surface area contributed by atoms with Gasteiger partial charge >= 0.3 is 0 Å². The summed E-state index contributed by atoms with van der Waals surface area (Å²) in [5, 5.41) is 1.29. The van der Waals surface area contributed by atoms with E-state index in [1.807, 2.05) is 0 Å². The van der Waals surface area contributed by atoms with Crippen LogP contribution in [0, 0.1) is 6.92 Å². The molecule has 4 rings (SSSR count). The maximum Gasteiger partial charge on any atom is 0.0674 e. The van der Waals surface area contributed by atoms with Crippen LogP contribution in [0.4, 0.5) is 5.69 Å². The molecule has 0 fully saturated rings. The monoisotopic (exact) mass is 328 g/mol. The van der Waals surface area contributed by atoms with Crippen molar-refractivity contribution in [2.45, 2.75) is 39.5 Å². The standard InChI is InChI=1S/C23H24N2/c1-5-19-16(17-14-15(2)10-12-20(17)24-19)11-13-22-23(3,4)18-8-6-7-9-21(18)25-22/h6-14,24H,5H2,1-4H3/b13-11+. The Hall–Kier alpha value is -2.61. The zero-order valence-electron chi connectivity index (χ0n) is 15.4. The second-order valence-corrected chi connectivity index (χ2v) is 7.39. The lowest BCUT2D eigenvalue weighted by atomic mass is 9.81. The van der Waals surface area contributed by atoms with E-state index in [0.717, 1.165) is 17.8 Å². The first-order valence-electron chi connectivity index (χ1n) is 8.98. The van der Waals surface area contributed by atoms with Crippen molar-refractivity contribution in [2.75, 3.05) is 0 Å². The maximum absolute atomic E-state index is 4.88. The first-order valence-corrected chi connectivity index (χ1v) is 8.98. The van der Waals surface area contributed by atoms with E-state index in [0.29, 0.717) is 0 Å². The molecule has 1 aromatic heterocycles. The molecule has 2 heteroatoms. The average Bonchev–Trinajstić information content (AvgIpc) is 3.07. The Kier molecular flexibility index (Phi) is 3.64. The molecule has 1 aliphatic rings. The van der Waals surface area contributed by atoms with Crippen molar-refractivity contribution < 1.29 is 0 Å². The van der Waals surface area contributed by atoms with Crippen LogP contribution in [0.1, 0.15) is 43.2 Å². The van der Waals surface area contributed by atoms with Gasteiger partial charge < -0.3 is 4.98 Å². The van der Waals surface area contributed by atoms with E-state index < -0.39 is 0 Å². The number of aliphatic imine (C=N–C) groups is 1. The quantitative estimate of drug-likeness (QED) is 0.600. The average molecular weight is 328 g/mol. The summed E-state index contributed by atoms with van der Waals surface area (Å²) in [5.41, 5.74) is 8.53. The predicted molar refractivity (Wildman–Crippen MR) is 108 cm³/mol. The Labute approximate surface area is 149 Å². The van der Waals surface area contributed by atoms with Gasteiger partial charge in [0.25, 0.3) is 0 Å². The van der Waals surface area contributed by atoms with Crippen molar-refractivity contribution in [1.29, 1.82) is 0 Å². The Morgan fingerprint density at radius 3 is 2.64 bits per heavy atom. The van der Waals surface area contributed by atoms with Crippen LogP contribution in [-0.2, 0) is 11.8 Å². The molecule has 0 atom stereocenters. The molecular weight excluding hydrogens is 304 g/mol. The predicted octanol–water partition coefficient (Wildman–Crippen LogP) is 6.12. The van der Waals surface area contributed by atoms with Crippen LogP contribution in [0.15, 0.2) is 53.5 Å². The van der Waals surface area contributed by atoms with E-state index in [2.05, 4.69) is 87.3 Å². The van der Waals surface area contributed by atoms with E-state index in [9.17, 15) is 0 Å². The van der Waals surface area contributed by atoms with Crippen molar-refractivity contribution in [3.63, 3.8) is 0 Å². The number of rotatable bonds is 3. The van der Waals surface area contributed by atoms with Gasteiger partial charge in [-0.05, 0) is 43.2 Å². The van der Waals surface area contributed by atoms with E-state index in [1.165, 1.54) is 33.3 Å². The van der Waals surface area contributed by atoms with Crippen molar-refractivity contribution in [3.8, 4) is 0 Å². The SMILES string of the molecule is CCc1[nH]c2ccc(C)cc2c1/C=C/C1=Nc2ccccc2C1(C)C. The fourth-order valence-electron chi connectivity index (χ4n) is 3.77. The lowest BCUT2D eigenvalue weighted by Crippen LogP contribution is -2.23. The minimum Gasteiger partial charge on any atom is -0.358 e. The molecule has 3 aromatic rings. The molecule has 2 aromatic carbocycles. The van der Waals surface area contributed by atoms with Gasteiger partial charge in [0.05, 0.1) is 11.4 Å². The molecule has 0 saturated carbocycles. The summed E-state index contributed by atoms with van der Waals surface area (Å²) in [6, 6.07) is 15.0. The third kappa shape index (κ3) is 2.53. The third-order valence-electron chi connectivity index (χ3n) is 5.30. The molecular formula is C23H24N2. The molecule has 2 nitrogen and oxygen atoms in total. The number of nitrogens with zero attached hydrogens (tertiary/aromatic N) is 1. The fourth-order valence-corrected chi connectivity index (χ4v) is 3.77. The second-order valence-electron chi connectivity index (χ2n) is 7.39. The largest absolute Gasteiger partial charge is 0.358 e. The topological polar surface area (TPSA) is 28.1 Å². The Bertz CT molecular complexity index is 1020. The summed E-state index contributed by atoms with van der Waals surface area (Å²) in [6.45, 7) is 8.85. The van der Waals surface area contributed by atoms with Crippen LogP contribution in [-0.4, -0.2) is 10.7 Å². The summed E-state index contributed by atoms with van der Waals surface area (Å²) in [6.07, 6.45) is 5.43. The highest BCUT2D eigenvalue weighted by atomic mass is 14.8. The highest BCUT2D eigenvalue weighted by Crippen LogP contribution is 2.40. The van der Waals surface area contributed by atoms with Gasteiger partial charge in [-0.15, -0.1) is 0 Å². The molecule has 1 N–H and O–H groups in total. The molecule has 0 aliphatic carbocycles. The van der Waals surface area contributed by atoms with Crippen molar-refractivity contribution in [2.24, 2.45) is 4.99 Å². The summed E-state index contributed by atoms with van der Waals surface area (Å²) in [5.74, 6) is 0. The van der Waals surface area contributed by atoms with Crippen LogP contribution in [0.25, 0.3) is 17.0 Å². The Balaban J connectivity index is 1.79. The number of benzene rings is 2. The van der Waals surface area contributed by atoms with Crippen molar-refractivity contribution in [1.82, 2.24) is 4.98 Å². The Morgan fingerprint density at radius 2 is 1.88 bits per heavy atom. The van der Waals surface area contributed by atoms with E-state index >= 15 is 0 Å². The summed E-state index contributed by atoms with van der Waals surface area (Å²) >= 11 is 0. The summed E-state index contributed by atoms with van der Waals surface area (Å²) in [4.78, 5) is 8.44. The molecule has 126 valence electrons. The minimum atomic E-state index is -0.0541. The lowest BCUT2D eigenvalue weighted by molar-refractivity contribution is 0.740. The molecule has 0 saturated heterocycles. The minimum absolute atomic E-state index is 0.0541. The number of aromatic nitrogens is 1. The third-order valence-corrected chi connectivity index (χ3v) is 5.30. The number of H-pyrrole nitrogens is 1. The van der Waals surface area contributed by atoms with Gasteiger partial charge in [-0.3, -0.25) is 4.99 Å². The van der Waals surface area contributed by atoms with Crippen LogP contribution >= 0.6 is 0 Å². The molecule has 25 heavy (non-hydrogen) atoms. The van der Waals surface area contributed by atoms with Gasteiger partial charge in [-0.25, -0.2) is 0 Å². The van der Waals surface area contributed by atoms with E-state index in [4.69, 9.17) is 4.99 Å². The number of nitrogens with one attached hydrogen (secondary N) is 1. The highest BCUT2D eigenvalue weighted by Gasteiger charge is 2.32. The summed E-state index contributed by atoms with van der Waals surface area (Å²) in [7, 11) is 0. The normalized spacial score (nSPS) is 15.8. The van der Waals surface area contributed by atoms with Crippen LogP contribution < -0.4 is 0 Å². The van der Waals surface area contributed by atoms with Crippen molar-refractivity contribution >= 4 is 28.4 Å². The van der Waals surface area contributed by atoms with E-state index in [-0.39, 0.29) is 5.41 Å². The number of aromatic amines is 1. The van der Waals surface area contributed by atoms with Gasteiger partial charge in [0.2, 0.25) is 0 Å². The van der Waals surface area contributed by atoms with Crippen molar-refractivity contribution in [3.05, 3.63) is 70.9 Å². The van der Waals surface area contributed by atoms with Gasteiger partial charge in [0, 0.05) is 27.6 Å². The number of aryl methyl sites for hydroxylation is 2. The molecule has 0 unspecified atom stereocenters. The van der Waals surface area contributed by atoms with Gasteiger partial charge in [0.1, 0.15) is 0 Å². The number of hydrogen-bond acceptors (Lipinski definition) is 1. The summed E-state index contributed by atoms with van der Waals surface area (Å²) < 4.78 is 0. The number of allylic oxidation sites excluding steroid dienone is 1. The molecule has 0 spiro atoms. The molecule has 0 bridgehead atoms. The zero-order chi connectivity index (χ0) is 17.6.